The van der Waals surface area contributed by atoms with Gasteiger partial charge in [-0.2, -0.15) is 0 Å². The van der Waals surface area contributed by atoms with Gasteiger partial charge in [0.25, 0.3) is 0 Å². The molecule has 0 aromatic rings. The van der Waals surface area contributed by atoms with E-state index < -0.39 is 36.9 Å². The van der Waals surface area contributed by atoms with Crippen molar-refractivity contribution in [3.8, 4) is 0 Å². The van der Waals surface area contributed by atoms with Crippen molar-refractivity contribution in [3.63, 3.8) is 0 Å². The van der Waals surface area contributed by atoms with Crippen molar-refractivity contribution < 1.29 is 25.2 Å². The van der Waals surface area contributed by atoms with E-state index in [-0.39, 0.29) is 0 Å². The van der Waals surface area contributed by atoms with E-state index in [1.807, 2.05) is 0 Å². The Balaban J connectivity index is 3.71. The highest BCUT2D eigenvalue weighted by atomic mass is 16.3. The summed E-state index contributed by atoms with van der Waals surface area (Å²) in [5.74, 6) is -0.593. The van der Waals surface area contributed by atoms with Crippen LogP contribution in [0.2, 0.25) is 0 Å². The predicted molar refractivity (Wildman–Crippen MR) is 256 cm³/mol. The molecule has 0 aliphatic rings. The Morgan fingerprint density at radius 1 is 0.407 bits per heavy atom. The van der Waals surface area contributed by atoms with Gasteiger partial charge < -0.3 is 25.7 Å². The van der Waals surface area contributed by atoms with Crippen LogP contribution in [0, 0.1) is 0 Å². The third-order valence-corrected chi connectivity index (χ3v) is 12.4. The summed E-state index contributed by atoms with van der Waals surface area (Å²) in [7, 11) is 0. The van der Waals surface area contributed by atoms with Crippen molar-refractivity contribution in [2.24, 2.45) is 0 Å². The number of carbonyl (C=O) groups excluding carboxylic acids is 1. The number of nitrogens with one attached hydrogen (secondary N) is 1. The number of unbranched alkanes of at least 4 members (excludes halogenated alkanes) is 35. The topological polar surface area (TPSA) is 110 Å². The van der Waals surface area contributed by atoms with Gasteiger partial charge in [0.15, 0.2) is 0 Å². The number of aliphatic hydroxyl groups is 4. The van der Waals surface area contributed by atoms with Crippen LogP contribution in [0.15, 0.2) is 24.3 Å². The molecule has 350 valence electrons. The number of hydrogen-bond donors (Lipinski definition) is 5. The zero-order valence-electron chi connectivity index (χ0n) is 39.5. The van der Waals surface area contributed by atoms with E-state index in [0.717, 1.165) is 38.5 Å². The fourth-order valence-electron chi connectivity index (χ4n) is 8.25. The van der Waals surface area contributed by atoms with Gasteiger partial charge in [0.1, 0.15) is 12.2 Å². The summed E-state index contributed by atoms with van der Waals surface area (Å²) < 4.78 is 0. The molecule has 0 rings (SSSR count). The zero-order valence-corrected chi connectivity index (χ0v) is 39.5. The van der Waals surface area contributed by atoms with Crippen LogP contribution < -0.4 is 5.32 Å². The normalized spacial score (nSPS) is 14.1. The molecule has 59 heavy (non-hydrogen) atoms. The molecule has 0 spiro atoms. The van der Waals surface area contributed by atoms with Crippen molar-refractivity contribution in [2.75, 3.05) is 6.61 Å². The van der Waals surface area contributed by atoms with E-state index >= 15 is 0 Å². The lowest BCUT2D eigenvalue weighted by Crippen LogP contribution is -2.53. The van der Waals surface area contributed by atoms with Crippen molar-refractivity contribution >= 4 is 5.91 Å². The van der Waals surface area contributed by atoms with Gasteiger partial charge in [-0.1, -0.05) is 250 Å². The average Bonchev–Trinajstić information content (AvgIpc) is 3.24. The van der Waals surface area contributed by atoms with Gasteiger partial charge in [-0.25, -0.2) is 0 Å². The lowest BCUT2D eigenvalue weighted by atomic mass is 10.00. The van der Waals surface area contributed by atoms with Gasteiger partial charge in [-0.15, -0.1) is 0 Å². The number of hydrogen-bond acceptors (Lipinski definition) is 5. The van der Waals surface area contributed by atoms with Crippen LogP contribution in [-0.4, -0.2) is 57.3 Å². The molecule has 4 unspecified atom stereocenters. The maximum atomic E-state index is 12.6. The third-order valence-electron chi connectivity index (χ3n) is 12.4. The molecule has 0 aromatic carbocycles. The molecule has 0 heterocycles. The summed E-state index contributed by atoms with van der Waals surface area (Å²) in [6, 6.07) is -1.01. The highest BCUT2D eigenvalue weighted by Crippen LogP contribution is 2.17. The molecule has 0 aromatic heterocycles. The largest absolute Gasteiger partial charge is 0.394 e. The quantitative estimate of drug-likeness (QED) is 0.0310. The van der Waals surface area contributed by atoms with Gasteiger partial charge in [-0.05, 0) is 51.4 Å². The molecular formula is C53H103NO5. The van der Waals surface area contributed by atoms with E-state index in [0.29, 0.717) is 19.3 Å². The van der Waals surface area contributed by atoms with Crippen LogP contribution in [-0.2, 0) is 4.79 Å². The highest BCUT2D eigenvalue weighted by Gasteiger charge is 2.28. The van der Waals surface area contributed by atoms with Crippen LogP contribution in [0.5, 0.6) is 0 Å². The molecule has 0 fully saturated rings. The summed E-state index contributed by atoms with van der Waals surface area (Å²) in [5.41, 5.74) is 0. The molecule has 1 amide bonds. The Labute approximate surface area is 367 Å². The van der Waals surface area contributed by atoms with Crippen molar-refractivity contribution in [1.29, 1.82) is 0 Å². The number of amides is 1. The van der Waals surface area contributed by atoms with Gasteiger partial charge in [0.2, 0.25) is 5.91 Å². The monoisotopic (exact) mass is 834 g/mol. The molecule has 6 heteroatoms. The molecule has 0 saturated carbocycles. The van der Waals surface area contributed by atoms with Crippen LogP contribution in [0.3, 0.4) is 0 Å². The molecule has 0 aliphatic heterocycles. The molecule has 0 saturated heterocycles. The van der Waals surface area contributed by atoms with Crippen LogP contribution in [0.25, 0.3) is 0 Å². The van der Waals surface area contributed by atoms with Gasteiger partial charge in [0, 0.05) is 0 Å². The lowest BCUT2D eigenvalue weighted by molar-refractivity contribution is -0.132. The first-order valence-electron chi connectivity index (χ1n) is 26.2. The second-order valence-corrected chi connectivity index (χ2v) is 18.2. The highest BCUT2D eigenvalue weighted by molar-refractivity contribution is 5.80. The van der Waals surface area contributed by atoms with Gasteiger partial charge in [-0.3, -0.25) is 4.79 Å². The maximum Gasteiger partial charge on any atom is 0.249 e. The summed E-state index contributed by atoms with van der Waals surface area (Å²) in [6.45, 7) is 4.07. The lowest BCUT2D eigenvalue weighted by Gasteiger charge is -2.27. The molecule has 0 bridgehead atoms. The number of aliphatic hydroxyl groups excluding tert-OH is 4. The summed E-state index contributed by atoms with van der Waals surface area (Å²) in [6.07, 6.45) is 56.6. The first-order valence-corrected chi connectivity index (χ1v) is 26.2. The molecule has 5 N–H and O–H groups in total. The van der Waals surface area contributed by atoms with E-state index in [1.165, 1.54) is 205 Å². The maximum absolute atomic E-state index is 12.6. The predicted octanol–water partition coefficient (Wildman–Crippen LogP) is 14.7. The Bertz CT molecular complexity index is 893. The van der Waals surface area contributed by atoms with E-state index in [4.69, 9.17) is 0 Å². The third kappa shape index (κ3) is 41.9. The molecule has 6 nitrogen and oxygen atoms in total. The summed E-state index contributed by atoms with van der Waals surface area (Å²) in [4.78, 5) is 12.6. The molecule has 4 atom stereocenters. The fraction of sp³-hybridized carbons (Fsp3) is 0.906. The van der Waals surface area contributed by atoms with Crippen molar-refractivity contribution in [3.05, 3.63) is 24.3 Å². The van der Waals surface area contributed by atoms with Gasteiger partial charge in [0.05, 0.1) is 18.8 Å². The molecular weight excluding hydrogens is 731 g/mol. The smallest absolute Gasteiger partial charge is 0.249 e. The average molecular weight is 834 g/mol. The fourth-order valence-corrected chi connectivity index (χ4v) is 8.25. The minimum absolute atomic E-state index is 0.364. The van der Waals surface area contributed by atoms with Crippen LogP contribution in [0.1, 0.15) is 277 Å². The number of rotatable bonds is 48. The molecule has 0 radical (unpaired) electrons. The Hall–Kier alpha value is -1.21. The molecule has 0 aliphatic carbocycles. The van der Waals surface area contributed by atoms with Crippen molar-refractivity contribution in [1.82, 2.24) is 5.32 Å². The first kappa shape index (κ1) is 57.8. The van der Waals surface area contributed by atoms with E-state index in [2.05, 4.69) is 43.5 Å². The number of allylic oxidation sites excluding steroid dienone is 4. The zero-order chi connectivity index (χ0) is 43.1. The second-order valence-electron chi connectivity index (χ2n) is 18.2. The van der Waals surface area contributed by atoms with E-state index in [9.17, 15) is 25.2 Å². The Kier molecular flexibility index (Phi) is 46.9. The van der Waals surface area contributed by atoms with Crippen LogP contribution in [0.4, 0.5) is 0 Å². The number of carbonyl (C=O) groups is 1. The second kappa shape index (κ2) is 47.8. The van der Waals surface area contributed by atoms with Gasteiger partial charge >= 0.3 is 0 Å². The summed E-state index contributed by atoms with van der Waals surface area (Å²) >= 11 is 0. The SMILES string of the molecule is CCCCCCCCCCCCCCCC/C=C/CC/C=C/CCCC(O)C(O)C(CO)NC(=O)C(O)CCCCCCCCCCCCCCCCCCCCCC. The standard InChI is InChI=1S/C53H103NO5/c1-3-5-7-9-11-13-15-17-19-21-23-25-26-27-29-30-32-34-36-38-40-42-44-46-50(56)52(58)49(48-55)54-53(59)51(57)47-45-43-41-39-37-35-33-31-28-24-22-20-18-16-14-12-10-8-6-4-2/h30,32,38,40,49-52,55-58H,3-29,31,33-37,39,41-48H2,1-2H3,(H,54,59)/b32-30+,40-38+. The minimum atomic E-state index is -1.29. The Morgan fingerprint density at radius 2 is 0.712 bits per heavy atom. The van der Waals surface area contributed by atoms with Crippen LogP contribution >= 0.6 is 0 Å². The minimum Gasteiger partial charge on any atom is -0.394 e. The van der Waals surface area contributed by atoms with Crippen molar-refractivity contribution in [2.45, 2.75) is 301 Å². The first-order chi connectivity index (χ1) is 29.0. The Morgan fingerprint density at radius 3 is 1.07 bits per heavy atom. The van der Waals surface area contributed by atoms with E-state index in [1.54, 1.807) is 0 Å². The summed E-state index contributed by atoms with van der Waals surface area (Å²) in [5, 5.41) is 43.9.